The van der Waals surface area contributed by atoms with Crippen molar-refractivity contribution in [3.63, 3.8) is 0 Å². The van der Waals surface area contributed by atoms with Gasteiger partial charge >= 0.3 is 0 Å². The van der Waals surface area contributed by atoms with Crippen LogP contribution in [-0.4, -0.2) is 9.13 Å². The van der Waals surface area contributed by atoms with Gasteiger partial charge in [0.1, 0.15) is 28.4 Å². The Balaban J connectivity index is 1.25. The van der Waals surface area contributed by atoms with Crippen molar-refractivity contribution in [2.75, 3.05) is 0 Å². The minimum absolute atomic E-state index is 0.584. The molecule has 5 nitrogen and oxygen atoms in total. The van der Waals surface area contributed by atoms with Gasteiger partial charge in [0.25, 0.3) is 0 Å². The normalized spacial score (nSPS) is 12.1. The van der Waals surface area contributed by atoms with Gasteiger partial charge in [0.2, 0.25) is 0 Å². The molecular formula is C49H27N3O2. The smallest absolute Gasteiger partial charge is 0.137 e. The average molecular weight is 690 g/mol. The van der Waals surface area contributed by atoms with Crippen LogP contribution in [-0.2, 0) is 0 Å². The quantitative estimate of drug-likeness (QED) is 0.185. The largest absolute Gasteiger partial charge is 0.456 e. The van der Waals surface area contributed by atoms with E-state index in [9.17, 15) is 5.26 Å². The molecule has 0 fully saturated rings. The SMILES string of the molecule is N#Cc1cccc(-c2ccccc2-n2c3ccccc3c3ccc4oc5ccccc5c4c32)c1-n1c2ccccc2c2ccc3oc4ccccc4c3c21. The highest BCUT2D eigenvalue weighted by molar-refractivity contribution is 6.26. The second-order valence-corrected chi connectivity index (χ2v) is 13.9. The highest BCUT2D eigenvalue weighted by Gasteiger charge is 2.25. The summed E-state index contributed by atoms with van der Waals surface area (Å²) >= 11 is 0. The summed E-state index contributed by atoms with van der Waals surface area (Å²) in [6.45, 7) is 0. The first kappa shape index (κ1) is 29.1. The van der Waals surface area contributed by atoms with Crippen LogP contribution in [0.25, 0.3) is 110 Å². The molecular weight excluding hydrogens is 663 g/mol. The predicted molar refractivity (Wildman–Crippen MR) is 220 cm³/mol. The maximum atomic E-state index is 10.9. The van der Waals surface area contributed by atoms with Crippen molar-refractivity contribution in [1.29, 1.82) is 5.26 Å². The van der Waals surface area contributed by atoms with Gasteiger partial charge in [0.05, 0.1) is 49.8 Å². The van der Waals surface area contributed by atoms with Crippen LogP contribution in [0.3, 0.4) is 0 Å². The second kappa shape index (κ2) is 10.7. The number of hydrogen-bond acceptors (Lipinski definition) is 3. The lowest BCUT2D eigenvalue weighted by Gasteiger charge is -2.19. The van der Waals surface area contributed by atoms with E-state index in [0.717, 1.165) is 110 Å². The molecule has 0 spiro atoms. The number of furan rings is 2. The van der Waals surface area contributed by atoms with Gasteiger partial charge in [-0.3, -0.25) is 0 Å². The first-order valence-electron chi connectivity index (χ1n) is 18.1. The monoisotopic (exact) mass is 689 g/mol. The summed E-state index contributed by atoms with van der Waals surface area (Å²) in [5.74, 6) is 0. The van der Waals surface area contributed by atoms with E-state index < -0.39 is 0 Å². The van der Waals surface area contributed by atoms with E-state index in [-0.39, 0.29) is 0 Å². The number of aromatic nitrogens is 2. The van der Waals surface area contributed by atoms with Crippen molar-refractivity contribution in [2.24, 2.45) is 0 Å². The van der Waals surface area contributed by atoms with Crippen molar-refractivity contribution < 1.29 is 8.83 Å². The Labute approximate surface area is 307 Å². The molecule has 0 amide bonds. The van der Waals surface area contributed by atoms with Gasteiger partial charge in [-0.05, 0) is 60.7 Å². The molecule has 0 radical (unpaired) electrons. The van der Waals surface area contributed by atoms with Gasteiger partial charge in [0.15, 0.2) is 0 Å². The molecule has 8 aromatic carbocycles. The highest BCUT2D eigenvalue weighted by atomic mass is 16.3. The number of nitrogens with zero attached hydrogens (tertiary/aromatic N) is 3. The van der Waals surface area contributed by atoms with E-state index >= 15 is 0 Å². The van der Waals surface area contributed by atoms with Crippen LogP contribution in [0, 0.1) is 11.3 Å². The van der Waals surface area contributed by atoms with Crippen LogP contribution >= 0.6 is 0 Å². The highest BCUT2D eigenvalue weighted by Crippen LogP contribution is 2.46. The third kappa shape index (κ3) is 3.76. The maximum absolute atomic E-state index is 10.9. The Hall–Kier alpha value is -7.55. The predicted octanol–water partition coefficient (Wildman–Crippen LogP) is 13.2. The summed E-state index contributed by atoms with van der Waals surface area (Å²) in [7, 11) is 0. The van der Waals surface area contributed by atoms with Gasteiger partial charge in [-0.25, -0.2) is 0 Å². The number of rotatable bonds is 3. The van der Waals surface area contributed by atoms with E-state index in [4.69, 9.17) is 8.83 Å². The zero-order valence-electron chi connectivity index (χ0n) is 28.7. The van der Waals surface area contributed by atoms with Crippen molar-refractivity contribution >= 4 is 87.5 Å². The molecule has 0 atom stereocenters. The summed E-state index contributed by atoms with van der Waals surface area (Å²) in [5, 5.41) is 19.7. The topological polar surface area (TPSA) is 59.9 Å². The average Bonchev–Trinajstić information content (AvgIpc) is 3.98. The first-order valence-corrected chi connectivity index (χ1v) is 18.1. The minimum Gasteiger partial charge on any atom is -0.456 e. The van der Waals surface area contributed by atoms with Gasteiger partial charge < -0.3 is 18.0 Å². The fourth-order valence-corrected chi connectivity index (χ4v) is 9.00. The minimum atomic E-state index is 0.584. The summed E-state index contributed by atoms with van der Waals surface area (Å²) in [5.41, 5.74) is 12.0. The van der Waals surface area contributed by atoms with Crippen molar-refractivity contribution in [2.45, 2.75) is 0 Å². The zero-order chi connectivity index (χ0) is 35.5. The van der Waals surface area contributed by atoms with E-state index in [1.165, 1.54) is 0 Å². The van der Waals surface area contributed by atoms with Crippen LogP contribution in [0.2, 0.25) is 0 Å². The van der Waals surface area contributed by atoms with Crippen molar-refractivity contribution in [3.8, 4) is 28.6 Å². The number of hydrogen-bond donors (Lipinski definition) is 0. The number of benzene rings is 8. The van der Waals surface area contributed by atoms with Crippen LogP contribution in [0.15, 0.2) is 173 Å². The van der Waals surface area contributed by atoms with E-state index in [0.29, 0.717) is 5.56 Å². The van der Waals surface area contributed by atoms with E-state index in [1.54, 1.807) is 0 Å². The van der Waals surface area contributed by atoms with Crippen molar-refractivity contribution in [3.05, 3.63) is 169 Å². The molecule has 54 heavy (non-hydrogen) atoms. The lowest BCUT2D eigenvalue weighted by atomic mass is 9.97. The van der Waals surface area contributed by atoms with Gasteiger partial charge in [0, 0.05) is 43.4 Å². The van der Waals surface area contributed by atoms with Crippen LogP contribution < -0.4 is 0 Å². The Morgan fingerprint density at radius 1 is 0.389 bits per heavy atom. The molecule has 0 aliphatic carbocycles. The maximum Gasteiger partial charge on any atom is 0.137 e. The number of fused-ring (bicyclic) bond motifs is 14. The Morgan fingerprint density at radius 3 is 1.52 bits per heavy atom. The molecule has 0 unspecified atom stereocenters. The fourth-order valence-electron chi connectivity index (χ4n) is 9.00. The summed E-state index contributed by atoms with van der Waals surface area (Å²) in [6.07, 6.45) is 0. The second-order valence-electron chi connectivity index (χ2n) is 13.9. The molecule has 0 saturated heterocycles. The molecule has 0 saturated carbocycles. The van der Waals surface area contributed by atoms with E-state index in [2.05, 4.69) is 143 Å². The van der Waals surface area contributed by atoms with Gasteiger partial charge in [-0.15, -0.1) is 0 Å². The summed E-state index contributed by atoms with van der Waals surface area (Å²) in [6, 6.07) is 59.3. The molecule has 0 bridgehead atoms. The Kier molecular flexibility index (Phi) is 5.78. The summed E-state index contributed by atoms with van der Waals surface area (Å²) < 4.78 is 17.6. The molecule has 0 aliphatic rings. The van der Waals surface area contributed by atoms with Crippen LogP contribution in [0.5, 0.6) is 0 Å². The molecule has 4 aromatic heterocycles. The van der Waals surface area contributed by atoms with Crippen molar-refractivity contribution in [1.82, 2.24) is 9.13 Å². The van der Waals surface area contributed by atoms with Crippen LogP contribution in [0.4, 0.5) is 0 Å². The van der Waals surface area contributed by atoms with Crippen LogP contribution in [0.1, 0.15) is 5.56 Å². The molecule has 12 aromatic rings. The Morgan fingerprint density at radius 2 is 0.889 bits per heavy atom. The molecule has 0 aliphatic heterocycles. The standard InChI is InChI=1S/C49H27N3O2/c50-28-29-12-11-18-33(47(29)52-40-21-8-3-15-32(40)35-25-27-44-46(49(35)52)37-17-5-10-23-42(37)54-44)30-13-1-6-19-38(30)51-39-20-7-2-14-31(39)34-24-26-43-45(48(34)51)36-16-4-9-22-41(36)53-43/h1-27H. The molecule has 5 heteroatoms. The molecule has 250 valence electrons. The fraction of sp³-hybridized carbons (Fsp3) is 0. The third-order valence-electron chi connectivity index (χ3n) is 11.2. The zero-order valence-corrected chi connectivity index (χ0v) is 28.7. The van der Waals surface area contributed by atoms with Gasteiger partial charge in [-0.2, -0.15) is 5.26 Å². The molecule has 12 rings (SSSR count). The Bertz CT molecular complexity index is 3590. The number of nitriles is 1. The molecule has 0 N–H and O–H groups in total. The lowest BCUT2D eigenvalue weighted by molar-refractivity contribution is 0.669. The van der Waals surface area contributed by atoms with Gasteiger partial charge in [-0.1, -0.05) is 103 Å². The van der Waals surface area contributed by atoms with E-state index in [1.807, 2.05) is 36.4 Å². The lowest BCUT2D eigenvalue weighted by Crippen LogP contribution is -2.03. The first-order chi connectivity index (χ1) is 26.8. The number of para-hydroxylation sites is 6. The molecule has 4 heterocycles. The third-order valence-corrected chi connectivity index (χ3v) is 11.2. The summed E-state index contributed by atoms with van der Waals surface area (Å²) in [4.78, 5) is 0.